The second-order valence-electron chi connectivity index (χ2n) is 3.76. The zero-order chi connectivity index (χ0) is 13.4. The zero-order valence-corrected chi connectivity index (χ0v) is 10.0. The van der Waals surface area contributed by atoms with Gasteiger partial charge in [-0.15, -0.1) is 5.10 Å². The monoisotopic (exact) mass is 255 g/mol. The lowest BCUT2D eigenvalue weighted by molar-refractivity contribution is -0.137. The van der Waals surface area contributed by atoms with Crippen LogP contribution in [0.4, 0.5) is 0 Å². The van der Waals surface area contributed by atoms with Gasteiger partial charge >= 0.3 is 5.97 Å². The summed E-state index contributed by atoms with van der Waals surface area (Å²) in [5.41, 5.74) is 5.58. The average Bonchev–Trinajstić information content (AvgIpc) is 2.77. The van der Waals surface area contributed by atoms with Crippen molar-refractivity contribution in [3.63, 3.8) is 0 Å². The van der Waals surface area contributed by atoms with Crippen molar-refractivity contribution in [2.24, 2.45) is 5.73 Å². The smallest absolute Gasteiger partial charge is 0.303 e. The second-order valence-corrected chi connectivity index (χ2v) is 3.76. The van der Waals surface area contributed by atoms with E-state index in [2.05, 4.69) is 15.6 Å². The zero-order valence-electron chi connectivity index (χ0n) is 10.0. The van der Waals surface area contributed by atoms with Crippen molar-refractivity contribution in [3.05, 3.63) is 11.9 Å². The lowest BCUT2D eigenvalue weighted by atomic mass is 10.2. The maximum Gasteiger partial charge on any atom is 0.303 e. The fraction of sp³-hybridized carbons (Fsp3) is 0.600. The number of hydrogen-bond acceptors (Lipinski definition) is 5. The van der Waals surface area contributed by atoms with Gasteiger partial charge in [-0.3, -0.25) is 14.3 Å². The summed E-state index contributed by atoms with van der Waals surface area (Å²) in [5, 5.41) is 18.5. The van der Waals surface area contributed by atoms with Crippen molar-refractivity contribution in [3.8, 4) is 0 Å². The molecule has 1 aromatic heterocycles. The summed E-state index contributed by atoms with van der Waals surface area (Å²) in [4.78, 5) is 21.8. The summed E-state index contributed by atoms with van der Waals surface area (Å²) in [6, 6.07) is 0. The van der Waals surface area contributed by atoms with Crippen molar-refractivity contribution in [1.82, 2.24) is 20.3 Å². The highest BCUT2D eigenvalue weighted by atomic mass is 16.4. The van der Waals surface area contributed by atoms with E-state index in [-0.39, 0.29) is 18.0 Å². The third-order valence-electron chi connectivity index (χ3n) is 2.23. The van der Waals surface area contributed by atoms with Crippen LogP contribution in [0.25, 0.3) is 0 Å². The van der Waals surface area contributed by atoms with Crippen LogP contribution in [-0.2, 0) is 11.3 Å². The van der Waals surface area contributed by atoms with E-state index in [1.54, 1.807) is 0 Å². The Hall–Kier alpha value is -1.96. The molecule has 0 saturated heterocycles. The Morgan fingerprint density at radius 1 is 1.44 bits per heavy atom. The summed E-state index contributed by atoms with van der Waals surface area (Å²) in [7, 11) is 0. The Kier molecular flexibility index (Phi) is 5.78. The normalized spacial score (nSPS) is 10.3. The SMILES string of the molecule is NCCn1cc(C(=O)NCCCCC(=O)O)nn1. The van der Waals surface area contributed by atoms with Crippen LogP contribution in [0.2, 0.25) is 0 Å². The number of hydrogen-bond donors (Lipinski definition) is 3. The van der Waals surface area contributed by atoms with Crippen LogP contribution in [0.5, 0.6) is 0 Å². The topological polar surface area (TPSA) is 123 Å². The van der Waals surface area contributed by atoms with Gasteiger partial charge in [0.15, 0.2) is 5.69 Å². The molecule has 1 aromatic rings. The number of carbonyl (C=O) groups is 2. The van der Waals surface area contributed by atoms with Crippen LogP contribution in [0.1, 0.15) is 29.8 Å². The number of amides is 1. The van der Waals surface area contributed by atoms with Crippen molar-refractivity contribution < 1.29 is 14.7 Å². The van der Waals surface area contributed by atoms with Gasteiger partial charge in [0.25, 0.3) is 5.91 Å². The van der Waals surface area contributed by atoms with E-state index in [0.29, 0.717) is 32.5 Å². The number of rotatable bonds is 8. The summed E-state index contributed by atoms with van der Waals surface area (Å²) < 4.78 is 1.50. The molecule has 1 amide bonds. The summed E-state index contributed by atoms with van der Waals surface area (Å²) in [6.45, 7) is 1.37. The van der Waals surface area contributed by atoms with Gasteiger partial charge < -0.3 is 16.2 Å². The van der Waals surface area contributed by atoms with Crippen LogP contribution >= 0.6 is 0 Å². The number of nitrogens with zero attached hydrogens (tertiary/aromatic N) is 3. The minimum absolute atomic E-state index is 0.114. The fourth-order valence-electron chi connectivity index (χ4n) is 1.34. The maximum absolute atomic E-state index is 11.6. The number of unbranched alkanes of at least 4 members (excludes halogenated alkanes) is 1. The first-order chi connectivity index (χ1) is 8.63. The highest BCUT2D eigenvalue weighted by Gasteiger charge is 2.09. The van der Waals surface area contributed by atoms with Gasteiger partial charge in [-0.05, 0) is 12.8 Å². The van der Waals surface area contributed by atoms with Crippen LogP contribution < -0.4 is 11.1 Å². The summed E-state index contributed by atoms with van der Waals surface area (Å²) in [6.07, 6.45) is 2.80. The van der Waals surface area contributed by atoms with E-state index in [9.17, 15) is 9.59 Å². The van der Waals surface area contributed by atoms with Crippen LogP contribution in [-0.4, -0.2) is 45.1 Å². The predicted molar refractivity (Wildman–Crippen MR) is 62.9 cm³/mol. The number of nitrogens with one attached hydrogen (secondary N) is 1. The molecular weight excluding hydrogens is 238 g/mol. The molecule has 0 spiro atoms. The minimum atomic E-state index is -0.828. The maximum atomic E-state index is 11.6. The molecule has 0 aliphatic carbocycles. The van der Waals surface area contributed by atoms with E-state index in [1.165, 1.54) is 10.9 Å². The summed E-state index contributed by atoms with van der Waals surface area (Å²) >= 11 is 0. The minimum Gasteiger partial charge on any atom is -0.481 e. The number of aliphatic carboxylic acids is 1. The number of carboxylic acid groups (broad SMARTS) is 1. The van der Waals surface area contributed by atoms with Gasteiger partial charge in [0, 0.05) is 19.5 Å². The highest BCUT2D eigenvalue weighted by Crippen LogP contribution is 1.96. The molecule has 18 heavy (non-hydrogen) atoms. The summed E-state index contributed by atoms with van der Waals surface area (Å²) in [5.74, 6) is -1.14. The van der Waals surface area contributed by atoms with Crippen molar-refractivity contribution in [2.75, 3.05) is 13.1 Å². The third-order valence-corrected chi connectivity index (χ3v) is 2.23. The number of aromatic nitrogens is 3. The lowest BCUT2D eigenvalue weighted by Gasteiger charge is -2.01. The van der Waals surface area contributed by atoms with Crippen molar-refractivity contribution in [1.29, 1.82) is 0 Å². The molecule has 100 valence electrons. The number of nitrogens with two attached hydrogens (primary N) is 1. The van der Waals surface area contributed by atoms with Gasteiger partial charge in [-0.2, -0.15) is 0 Å². The standard InChI is InChI=1S/C10H17N5O3/c11-4-6-15-7-8(13-14-15)10(18)12-5-2-1-3-9(16)17/h7H,1-6,11H2,(H,12,18)(H,16,17). The first-order valence-corrected chi connectivity index (χ1v) is 5.73. The molecule has 0 fully saturated rings. The molecule has 4 N–H and O–H groups in total. The highest BCUT2D eigenvalue weighted by molar-refractivity contribution is 5.91. The lowest BCUT2D eigenvalue weighted by Crippen LogP contribution is -2.24. The van der Waals surface area contributed by atoms with E-state index >= 15 is 0 Å². The van der Waals surface area contributed by atoms with Crippen LogP contribution in [0.15, 0.2) is 6.20 Å². The molecule has 0 saturated carbocycles. The first-order valence-electron chi connectivity index (χ1n) is 5.73. The van der Waals surface area contributed by atoms with Gasteiger partial charge in [0.05, 0.1) is 12.7 Å². The molecule has 0 unspecified atom stereocenters. The number of carbonyl (C=O) groups excluding carboxylic acids is 1. The Morgan fingerprint density at radius 2 is 2.22 bits per heavy atom. The van der Waals surface area contributed by atoms with E-state index in [1.807, 2.05) is 0 Å². The van der Waals surface area contributed by atoms with E-state index in [0.717, 1.165) is 0 Å². The fourth-order valence-corrected chi connectivity index (χ4v) is 1.34. The van der Waals surface area contributed by atoms with Gasteiger partial charge in [-0.25, -0.2) is 0 Å². The Bertz CT molecular complexity index is 404. The molecule has 0 aliphatic heterocycles. The third kappa shape index (κ3) is 4.91. The molecule has 0 aromatic carbocycles. The van der Waals surface area contributed by atoms with Gasteiger partial charge in [-0.1, -0.05) is 5.21 Å². The Labute approximate surface area is 104 Å². The Morgan fingerprint density at radius 3 is 2.89 bits per heavy atom. The van der Waals surface area contributed by atoms with Crippen LogP contribution in [0, 0.1) is 0 Å². The predicted octanol–water partition coefficient (Wildman–Crippen LogP) is -0.779. The largest absolute Gasteiger partial charge is 0.481 e. The van der Waals surface area contributed by atoms with E-state index < -0.39 is 5.97 Å². The molecule has 8 heteroatoms. The first kappa shape index (κ1) is 14.1. The van der Waals surface area contributed by atoms with Crippen molar-refractivity contribution >= 4 is 11.9 Å². The molecule has 1 heterocycles. The molecular formula is C10H17N5O3. The van der Waals surface area contributed by atoms with Crippen LogP contribution in [0.3, 0.4) is 0 Å². The molecule has 0 atom stereocenters. The van der Waals surface area contributed by atoms with Gasteiger partial charge in [0.1, 0.15) is 0 Å². The van der Waals surface area contributed by atoms with Gasteiger partial charge in [0.2, 0.25) is 0 Å². The van der Waals surface area contributed by atoms with E-state index in [4.69, 9.17) is 10.8 Å². The average molecular weight is 255 g/mol. The molecule has 0 aliphatic rings. The molecule has 1 rings (SSSR count). The quantitative estimate of drug-likeness (QED) is 0.524. The second kappa shape index (κ2) is 7.38. The molecule has 8 nitrogen and oxygen atoms in total. The van der Waals surface area contributed by atoms with Crippen molar-refractivity contribution in [2.45, 2.75) is 25.8 Å². The molecule has 0 radical (unpaired) electrons. The number of carboxylic acids is 1. The molecule has 0 bridgehead atoms. The Balaban J connectivity index is 2.25.